The number of amides is 1. The number of hydrogen-bond donors (Lipinski definition) is 1. The van der Waals surface area contributed by atoms with Crippen molar-refractivity contribution >= 4 is 5.91 Å². The first-order chi connectivity index (χ1) is 9.03. The number of rotatable bonds is 3. The summed E-state index contributed by atoms with van der Waals surface area (Å²) in [5.74, 6) is -0.0197. The number of β-amino-alcohol motifs (C(OH)–C–C–N with tert-alkyl or cyclic N) is 1. The molecule has 2 atom stereocenters. The summed E-state index contributed by atoms with van der Waals surface area (Å²) >= 11 is 0. The average Bonchev–Trinajstić information content (AvgIpc) is 2.82. The van der Waals surface area contributed by atoms with Crippen molar-refractivity contribution in [2.75, 3.05) is 40.3 Å². The maximum atomic E-state index is 12.0. The lowest BCUT2D eigenvalue weighted by molar-refractivity contribution is -0.148. The molecular formula is C14H24N2O3. The average molecular weight is 268 g/mol. The Morgan fingerprint density at radius 1 is 1.53 bits per heavy atom. The Hall–Kier alpha value is -0.910. The third-order valence-electron chi connectivity index (χ3n) is 3.98. The fourth-order valence-electron chi connectivity index (χ4n) is 2.81. The molecular weight excluding hydrogens is 244 g/mol. The van der Waals surface area contributed by atoms with Crippen LogP contribution in [0.15, 0.2) is 12.2 Å². The van der Waals surface area contributed by atoms with Crippen LogP contribution in [0.2, 0.25) is 0 Å². The third-order valence-corrected chi connectivity index (χ3v) is 3.98. The van der Waals surface area contributed by atoms with Crippen LogP contribution in [0, 0.1) is 0 Å². The second kappa shape index (κ2) is 6.03. The van der Waals surface area contributed by atoms with E-state index in [4.69, 9.17) is 4.74 Å². The molecule has 108 valence electrons. The van der Waals surface area contributed by atoms with E-state index in [1.54, 1.807) is 11.0 Å². The first-order valence-corrected chi connectivity index (χ1v) is 6.96. The molecule has 2 fully saturated rings. The molecule has 1 amide bonds. The van der Waals surface area contributed by atoms with Gasteiger partial charge in [-0.2, -0.15) is 0 Å². The summed E-state index contributed by atoms with van der Waals surface area (Å²) < 4.78 is 5.72. The molecule has 0 aromatic rings. The van der Waals surface area contributed by atoms with E-state index in [9.17, 15) is 9.90 Å². The van der Waals surface area contributed by atoms with Crippen molar-refractivity contribution in [3.8, 4) is 0 Å². The number of ether oxygens (including phenoxy) is 1. The second-order valence-electron chi connectivity index (χ2n) is 5.73. The van der Waals surface area contributed by atoms with Crippen LogP contribution in [-0.4, -0.2) is 72.9 Å². The molecule has 5 nitrogen and oxygen atoms in total. The van der Waals surface area contributed by atoms with E-state index in [0.717, 1.165) is 32.4 Å². The molecule has 19 heavy (non-hydrogen) atoms. The molecule has 2 rings (SSSR count). The molecule has 0 aromatic heterocycles. The van der Waals surface area contributed by atoms with Crippen molar-refractivity contribution < 1.29 is 14.6 Å². The highest BCUT2D eigenvalue weighted by atomic mass is 16.5. The van der Waals surface area contributed by atoms with Gasteiger partial charge in [0, 0.05) is 32.3 Å². The first-order valence-electron chi connectivity index (χ1n) is 6.96. The van der Waals surface area contributed by atoms with Crippen molar-refractivity contribution in [2.24, 2.45) is 0 Å². The molecule has 1 spiro atoms. The van der Waals surface area contributed by atoms with E-state index >= 15 is 0 Å². The minimum absolute atomic E-state index is 0.0197. The summed E-state index contributed by atoms with van der Waals surface area (Å²) in [6, 6.07) is 0. The van der Waals surface area contributed by atoms with Crippen LogP contribution in [0.3, 0.4) is 0 Å². The molecule has 0 radical (unpaired) electrons. The molecule has 0 aromatic carbocycles. The van der Waals surface area contributed by atoms with Gasteiger partial charge >= 0.3 is 0 Å². The van der Waals surface area contributed by atoms with Crippen LogP contribution < -0.4 is 0 Å². The highest BCUT2D eigenvalue weighted by Gasteiger charge is 2.46. The number of likely N-dealkylation sites (tertiary alicyclic amines) is 1. The van der Waals surface area contributed by atoms with Crippen molar-refractivity contribution in [1.29, 1.82) is 0 Å². The fourth-order valence-corrected chi connectivity index (χ4v) is 2.81. The Bertz CT molecular complexity index is 349. The van der Waals surface area contributed by atoms with Gasteiger partial charge in [-0.15, -0.1) is 0 Å². The SMILES string of the molecule is CN(C)CC=CC(=O)N1CC[C@]2(CCCO2)[C@H](O)C1. The van der Waals surface area contributed by atoms with Gasteiger partial charge in [0.25, 0.3) is 0 Å². The highest BCUT2D eigenvalue weighted by Crippen LogP contribution is 2.35. The molecule has 2 saturated heterocycles. The summed E-state index contributed by atoms with van der Waals surface area (Å²) in [4.78, 5) is 15.7. The number of aliphatic hydroxyl groups is 1. The van der Waals surface area contributed by atoms with Crippen LogP contribution >= 0.6 is 0 Å². The van der Waals surface area contributed by atoms with Crippen LogP contribution in [0.5, 0.6) is 0 Å². The van der Waals surface area contributed by atoms with Gasteiger partial charge in [-0.25, -0.2) is 0 Å². The zero-order valence-corrected chi connectivity index (χ0v) is 11.8. The largest absolute Gasteiger partial charge is 0.388 e. The van der Waals surface area contributed by atoms with Crippen LogP contribution in [-0.2, 0) is 9.53 Å². The van der Waals surface area contributed by atoms with Gasteiger partial charge in [0.15, 0.2) is 0 Å². The zero-order chi connectivity index (χ0) is 13.9. The van der Waals surface area contributed by atoms with Crippen LogP contribution in [0.1, 0.15) is 19.3 Å². The van der Waals surface area contributed by atoms with Gasteiger partial charge in [0.1, 0.15) is 6.10 Å². The van der Waals surface area contributed by atoms with Gasteiger partial charge in [0.2, 0.25) is 5.91 Å². The molecule has 1 N–H and O–H groups in total. The van der Waals surface area contributed by atoms with Gasteiger partial charge in [-0.3, -0.25) is 4.79 Å². The smallest absolute Gasteiger partial charge is 0.246 e. The number of hydrogen-bond acceptors (Lipinski definition) is 4. The van der Waals surface area contributed by atoms with E-state index in [1.807, 2.05) is 25.1 Å². The van der Waals surface area contributed by atoms with Crippen molar-refractivity contribution in [1.82, 2.24) is 9.80 Å². The maximum Gasteiger partial charge on any atom is 0.246 e. The summed E-state index contributed by atoms with van der Waals surface area (Å²) in [6.45, 7) is 2.52. The number of aliphatic hydroxyl groups excluding tert-OH is 1. The van der Waals surface area contributed by atoms with E-state index in [2.05, 4.69) is 0 Å². The maximum absolute atomic E-state index is 12.0. The molecule has 2 aliphatic heterocycles. The molecule has 0 aliphatic carbocycles. The summed E-state index contributed by atoms with van der Waals surface area (Å²) in [5, 5.41) is 10.2. The molecule has 2 heterocycles. The Balaban J connectivity index is 1.87. The lowest BCUT2D eigenvalue weighted by Crippen LogP contribution is -2.56. The number of nitrogens with zero attached hydrogens (tertiary/aromatic N) is 2. The molecule has 0 bridgehead atoms. The minimum Gasteiger partial charge on any atom is -0.388 e. The lowest BCUT2D eigenvalue weighted by Gasteiger charge is -2.42. The number of piperidine rings is 1. The Kier molecular flexibility index (Phi) is 4.60. The highest BCUT2D eigenvalue weighted by molar-refractivity contribution is 5.87. The molecule has 2 aliphatic rings. The van der Waals surface area contributed by atoms with Gasteiger partial charge in [0.05, 0.1) is 5.60 Å². The Labute approximate surface area is 114 Å². The van der Waals surface area contributed by atoms with Crippen LogP contribution in [0.4, 0.5) is 0 Å². The lowest BCUT2D eigenvalue weighted by atomic mass is 9.86. The van der Waals surface area contributed by atoms with Crippen molar-refractivity contribution in [3.63, 3.8) is 0 Å². The van der Waals surface area contributed by atoms with E-state index < -0.39 is 6.10 Å². The van der Waals surface area contributed by atoms with Crippen molar-refractivity contribution in [3.05, 3.63) is 12.2 Å². The second-order valence-corrected chi connectivity index (χ2v) is 5.73. The topological polar surface area (TPSA) is 53.0 Å². The summed E-state index contributed by atoms with van der Waals surface area (Å²) in [7, 11) is 3.92. The van der Waals surface area contributed by atoms with Gasteiger partial charge < -0.3 is 19.6 Å². The Morgan fingerprint density at radius 3 is 2.89 bits per heavy atom. The van der Waals surface area contributed by atoms with E-state index in [-0.39, 0.29) is 11.5 Å². The quantitative estimate of drug-likeness (QED) is 0.745. The Morgan fingerprint density at radius 2 is 2.32 bits per heavy atom. The number of carbonyl (C=O) groups excluding carboxylic acids is 1. The van der Waals surface area contributed by atoms with Gasteiger partial charge in [-0.1, -0.05) is 6.08 Å². The van der Waals surface area contributed by atoms with Crippen molar-refractivity contribution in [2.45, 2.75) is 31.0 Å². The summed E-state index contributed by atoms with van der Waals surface area (Å²) in [6.07, 6.45) is 5.54. The van der Waals surface area contributed by atoms with Crippen LogP contribution in [0.25, 0.3) is 0 Å². The summed E-state index contributed by atoms with van der Waals surface area (Å²) in [5.41, 5.74) is -0.385. The zero-order valence-electron chi connectivity index (χ0n) is 11.8. The predicted octanol–water partition coefficient (Wildman–Crippen LogP) is 0.247. The molecule has 5 heteroatoms. The fraction of sp³-hybridized carbons (Fsp3) is 0.786. The van der Waals surface area contributed by atoms with E-state index in [1.165, 1.54) is 0 Å². The number of likely N-dealkylation sites (N-methyl/N-ethyl adjacent to an activating group) is 1. The normalized spacial score (nSPS) is 31.8. The van der Waals surface area contributed by atoms with Gasteiger partial charge in [-0.05, 0) is 33.4 Å². The third kappa shape index (κ3) is 3.35. The van der Waals surface area contributed by atoms with E-state index in [0.29, 0.717) is 13.1 Å². The molecule has 0 unspecified atom stereocenters. The minimum atomic E-state index is -0.560. The number of carbonyl (C=O) groups is 1. The predicted molar refractivity (Wildman–Crippen MR) is 72.8 cm³/mol. The first kappa shape index (κ1) is 14.5. The molecule has 0 saturated carbocycles. The monoisotopic (exact) mass is 268 g/mol. The standard InChI is InChI=1S/C14H24N2O3/c1-15(2)8-3-5-13(18)16-9-7-14(12(17)11-16)6-4-10-19-14/h3,5,12,17H,4,6-11H2,1-2H3/t12-,14-/m1/s1.